The van der Waals surface area contributed by atoms with Crippen LogP contribution in [0.2, 0.25) is 5.02 Å². The van der Waals surface area contributed by atoms with Crippen molar-refractivity contribution < 1.29 is 23.5 Å². The van der Waals surface area contributed by atoms with Gasteiger partial charge in [-0.05, 0) is 54.9 Å². The molecular weight excluding hydrogens is 547 g/mol. The number of nitrogens with one attached hydrogen (secondary N) is 3. The second-order valence-electron chi connectivity index (χ2n) is 12.3. The Labute approximate surface area is 237 Å². The minimum Gasteiger partial charge on any atom is -0.390 e. The topological polar surface area (TPSA) is 90.5 Å². The fraction of sp³-hybridized carbons (Fsp3) is 0.517. The average Bonchev–Trinajstić information content (AvgIpc) is 3.30. The molecule has 6 nitrogen and oxygen atoms in total. The van der Waals surface area contributed by atoms with Crippen LogP contribution in [0.25, 0.3) is 0 Å². The Balaban J connectivity index is 1.85. The van der Waals surface area contributed by atoms with Crippen molar-refractivity contribution >= 4 is 40.7 Å². The number of halogens is 4. The number of hydrogen-bond acceptors (Lipinski definition) is 4. The smallest absolute Gasteiger partial charge is 0.238 e. The van der Waals surface area contributed by atoms with Crippen LogP contribution in [0.15, 0.2) is 47.5 Å². The van der Waals surface area contributed by atoms with Crippen LogP contribution in [0.5, 0.6) is 0 Å². The zero-order valence-corrected chi connectivity index (χ0v) is 24.0. The van der Waals surface area contributed by atoms with Crippen LogP contribution in [-0.2, 0) is 15.0 Å². The van der Waals surface area contributed by atoms with Gasteiger partial charge in [-0.2, -0.15) is 0 Å². The molecule has 2 amide bonds. The summed E-state index contributed by atoms with van der Waals surface area (Å²) in [6.45, 7) is 11.2. The van der Waals surface area contributed by atoms with Crippen LogP contribution < -0.4 is 16.0 Å². The van der Waals surface area contributed by atoms with E-state index in [1.807, 2.05) is 20.8 Å². The molecule has 1 saturated heterocycles. The van der Waals surface area contributed by atoms with Gasteiger partial charge in [0.05, 0.1) is 22.4 Å². The zero-order chi connectivity index (χ0) is 28.9. The number of amides is 2. The molecule has 4 N–H and O–H groups in total. The van der Waals surface area contributed by atoms with Crippen molar-refractivity contribution in [2.24, 2.45) is 11.3 Å². The Morgan fingerprint density at radius 3 is 2.59 bits per heavy atom. The summed E-state index contributed by atoms with van der Waals surface area (Å²) in [4.78, 5) is 27.8. The molecule has 1 saturated carbocycles. The van der Waals surface area contributed by atoms with E-state index in [2.05, 4.69) is 22.5 Å². The highest BCUT2D eigenvalue weighted by Crippen LogP contribution is 2.55. The summed E-state index contributed by atoms with van der Waals surface area (Å²) in [5.41, 5.74) is -1.70. The van der Waals surface area contributed by atoms with Crippen molar-refractivity contribution in [2.75, 3.05) is 12.0 Å². The Hall–Kier alpha value is -2.26. The Morgan fingerprint density at radius 1 is 1.33 bits per heavy atom. The van der Waals surface area contributed by atoms with Crippen LogP contribution in [0.1, 0.15) is 52.5 Å². The summed E-state index contributed by atoms with van der Waals surface area (Å²) in [6.07, 6.45) is 5.79. The highest BCUT2D eigenvalue weighted by molar-refractivity contribution is 6.31. The van der Waals surface area contributed by atoms with Gasteiger partial charge in [0.25, 0.3) is 0 Å². The van der Waals surface area contributed by atoms with Crippen molar-refractivity contribution in [3.05, 3.63) is 63.9 Å². The van der Waals surface area contributed by atoms with Crippen molar-refractivity contribution in [1.82, 2.24) is 10.6 Å². The van der Waals surface area contributed by atoms with Crippen molar-refractivity contribution in [1.29, 1.82) is 0 Å². The van der Waals surface area contributed by atoms with Crippen LogP contribution in [0.4, 0.5) is 14.5 Å². The molecule has 4 atom stereocenters. The van der Waals surface area contributed by atoms with E-state index in [0.717, 1.165) is 0 Å². The van der Waals surface area contributed by atoms with Gasteiger partial charge in [0.2, 0.25) is 11.8 Å². The first kappa shape index (κ1) is 29.7. The minimum atomic E-state index is -1.39. The summed E-state index contributed by atoms with van der Waals surface area (Å²) in [6, 6.07) is 1.35. The van der Waals surface area contributed by atoms with Crippen LogP contribution >= 0.6 is 23.2 Å². The van der Waals surface area contributed by atoms with E-state index >= 15 is 4.39 Å². The molecule has 0 unspecified atom stereocenters. The lowest BCUT2D eigenvalue weighted by Gasteiger charge is -2.42. The third kappa shape index (κ3) is 5.53. The molecule has 3 aliphatic rings. The first-order valence-electron chi connectivity index (χ1n) is 13.0. The minimum absolute atomic E-state index is 0.00791. The molecule has 39 heavy (non-hydrogen) atoms. The van der Waals surface area contributed by atoms with Gasteiger partial charge in [-0.1, -0.05) is 68.8 Å². The molecule has 4 rings (SSSR count). The van der Waals surface area contributed by atoms with Gasteiger partial charge in [0, 0.05) is 23.0 Å². The molecule has 212 valence electrons. The monoisotopic (exact) mass is 581 g/mol. The first-order chi connectivity index (χ1) is 18.1. The van der Waals surface area contributed by atoms with Crippen LogP contribution in [0, 0.1) is 17.2 Å². The van der Waals surface area contributed by atoms with E-state index < -0.39 is 47.4 Å². The summed E-state index contributed by atoms with van der Waals surface area (Å²) in [5.74, 6) is -2.38. The number of alkyl halides is 1. The van der Waals surface area contributed by atoms with E-state index in [4.69, 9.17) is 23.2 Å². The average molecular weight is 583 g/mol. The maximum absolute atomic E-state index is 15.2. The van der Waals surface area contributed by atoms with Gasteiger partial charge < -0.3 is 21.1 Å². The summed E-state index contributed by atoms with van der Waals surface area (Å²) >= 11 is 11.9. The molecule has 0 radical (unpaired) electrons. The molecular formula is C29H35Cl2F2N3O3. The predicted octanol–water partition coefficient (Wildman–Crippen LogP) is 5.30. The van der Waals surface area contributed by atoms with Crippen molar-refractivity contribution in [3.63, 3.8) is 0 Å². The van der Waals surface area contributed by atoms with Crippen LogP contribution in [-0.4, -0.2) is 47.3 Å². The number of aliphatic hydroxyl groups is 1. The SMILES string of the molecule is C=C(/C=C\C=C(\Cl)CF)[C@H]1[C@H](C(=O)NC2CC(C)(O)C2)N[C@H](CC(C)(C)C)[C@]12C(=O)Nc1c2ccc(Cl)c1F. The highest BCUT2D eigenvalue weighted by atomic mass is 35.5. The van der Waals surface area contributed by atoms with E-state index in [-0.39, 0.29) is 33.1 Å². The lowest BCUT2D eigenvalue weighted by molar-refractivity contribution is -0.127. The normalized spacial score (nSPS) is 32.3. The van der Waals surface area contributed by atoms with Crippen LogP contribution in [0.3, 0.4) is 0 Å². The number of fused-ring (bicyclic) bond motifs is 2. The zero-order valence-electron chi connectivity index (χ0n) is 22.5. The second kappa shape index (κ2) is 10.6. The molecule has 1 spiro atoms. The Kier molecular flexibility index (Phi) is 8.09. The van der Waals surface area contributed by atoms with E-state index in [1.54, 1.807) is 19.1 Å². The third-order valence-corrected chi connectivity index (χ3v) is 8.36. The standard InChI is InChI=1S/C29H35Cl2F2N3O3/c1-15(7-6-8-16(30)14-32)21-24(25(37)34-17-11-28(5,39)12-17)35-20(13-27(2,3)4)29(21)18-9-10-19(31)22(33)23(18)36-26(29)38/h6-10,17,20-21,24,35,39H,1,11-14H2,2-5H3,(H,34,37)(H,36,38)/b7-6-,16-8+/t17?,20-,21+,24-,28?,29+/m1/s1. The molecule has 2 heterocycles. The van der Waals surface area contributed by atoms with Crippen molar-refractivity contribution in [3.8, 4) is 0 Å². The molecule has 0 aromatic heterocycles. The summed E-state index contributed by atoms with van der Waals surface area (Å²) in [5, 5.41) is 19.1. The highest BCUT2D eigenvalue weighted by Gasteiger charge is 2.66. The Bertz CT molecular complexity index is 1250. The van der Waals surface area contributed by atoms with Gasteiger partial charge in [0.15, 0.2) is 5.82 Å². The maximum Gasteiger partial charge on any atom is 0.238 e. The number of benzene rings is 1. The molecule has 0 bridgehead atoms. The quantitative estimate of drug-likeness (QED) is 0.329. The van der Waals surface area contributed by atoms with Gasteiger partial charge >= 0.3 is 0 Å². The molecule has 1 aromatic carbocycles. The molecule has 2 aliphatic heterocycles. The third-order valence-electron chi connectivity index (χ3n) is 7.84. The number of carbonyl (C=O) groups is 2. The lowest BCUT2D eigenvalue weighted by Crippen LogP contribution is -2.57. The summed E-state index contributed by atoms with van der Waals surface area (Å²) in [7, 11) is 0. The van der Waals surface area contributed by atoms with Gasteiger partial charge in [-0.15, -0.1) is 0 Å². The first-order valence-corrected chi connectivity index (χ1v) is 13.7. The molecule has 1 aliphatic carbocycles. The molecule has 1 aromatic rings. The number of rotatable bonds is 7. The van der Waals surface area contributed by atoms with Gasteiger partial charge in [-0.3, -0.25) is 9.59 Å². The fourth-order valence-corrected chi connectivity index (χ4v) is 6.55. The largest absolute Gasteiger partial charge is 0.390 e. The fourth-order valence-electron chi connectivity index (χ4n) is 6.32. The molecule has 10 heteroatoms. The number of allylic oxidation sites excluding steroid dienone is 4. The Morgan fingerprint density at radius 2 is 2.00 bits per heavy atom. The number of hydrogen-bond donors (Lipinski definition) is 4. The number of carbonyl (C=O) groups excluding carboxylic acids is 2. The van der Waals surface area contributed by atoms with Crippen molar-refractivity contribution in [2.45, 2.75) is 76.1 Å². The molecule has 2 fully saturated rings. The number of anilines is 1. The van der Waals surface area contributed by atoms with E-state index in [0.29, 0.717) is 30.4 Å². The summed E-state index contributed by atoms with van der Waals surface area (Å²) < 4.78 is 28.1. The van der Waals surface area contributed by atoms with E-state index in [1.165, 1.54) is 18.2 Å². The van der Waals surface area contributed by atoms with E-state index in [9.17, 15) is 19.1 Å². The lowest BCUT2D eigenvalue weighted by atomic mass is 9.62. The van der Waals surface area contributed by atoms with Gasteiger partial charge in [-0.25, -0.2) is 8.78 Å². The maximum atomic E-state index is 15.2. The van der Waals surface area contributed by atoms with Gasteiger partial charge in [0.1, 0.15) is 12.1 Å². The predicted molar refractivity (Wildman–Crippen MR) is 150 cm³/mol. The second-order valence-corrected chi connectivity index (χ2v) is 13.2.